The van der Waals surface area contributed by atoms with E-state index in [4.69, 9.17) is 9.05 Å². The van der Waals surface area contributed by atoms with E-state index in [0.29, 0.717) is 0 Å². The Morgan fingerprint density at radius 1 is 0.710 bits per heavy atom. The molecule has 3 rings (SSSR count). The summed E-state index contributed by atoms with van der Waals surface area (Å²) >= 11 is 0. The van der Waals surface area contributed by atoms with Gasteiger partial charge in [-0.3, -0.25) is 9.80 Å². The summed E-state index contributed by atoms with van der Waals surface area (Å²) in [5, 5.41) is 1.17. The van der Waals surface area contributed by atoms with Crippen molar-refractivity contribution in [1.29, 1.82) is 0 Å². The summed E-state index contributed by atoms with van der Waals surface area (Å²) in [5.74, 6) is 0. The molecule has 2 aliphatic heterocycles. The van der Waals surface area contributed by atoms with Crippen LogP contribution < -0.4 is 5.30 Å². The SMILES string of the molecule is CN1C(C)(C)CCC(OP(OC2CCC(C)(C)N(C)C2(C)C)c2ccccc2)C1(C)C. The average molecular weight is 449 g/mol. The summed E-state index contributed by atoms with van der Waals surface area (Å²) in [6.45, 7) is 18.6. The van der Waals surface area contributed by atoms with Crippen LogP contribution in [0.5, 0.6) is 0 Å². The Bertz CT molecular complexity index is 703. The van der Waals surface area contributed by atoms with Crippen LogP contribution in [0, 0.1) is 0 Å². The number of nitrogens with zero attached hydrogens (tertiary/aromatic N) is 2. The lowest BCUT2D eigenvalue weighted by molar-refractivity contribution is -0.0950. The van der Waals surface area contributed by atoms with Crippen molar-refractivity contribution >= 4 is 13.7 Å². The number of rotatable bonds is 5. The molecule has 0 aromatic heterocycles. The van der Waals surface area contributed by atoms with Crippen LogP contribution in [0.15, 0.2) is 30.3 Å². The van der Waals surface area contributed by atoms with Gasteiger partial charge in [0.05, 0.1) is 12.2 Å². The molecule has 2 saturated heterocycles. The Labute approximate surface area is 192 Å². The first-order chi connectivity index (χ1) is 14.2. The lowest BCUT2D eigenvalue weighted by Gasteiger charge is -2.56. The predicted octanol–water partition coefficient (Wildman–Crippen LogP) is 5.96. The van der Waals surface area contributed by atoms with Crippen molar-refractivity contribution in [2.45, 2.75) is 115 Å². The zero-order chi connectivity index (χ0) is 23.2. The van der Waals surface area contributed by atoms with Crippen LogP contribution in [0.3, 0.4) is 0 Å². The quantitative estimate of drug-likeness (QED) is 0.519. The van der Waals surface area contributed by atoms with Crippen LogP contribution in [0.4, 0.5) is 0 Å². The van der Waals surface area contributed by atoms with Gasteiger partial charge in [-0.15, -0.1) is 0 Å². The maximum Gasteiger partial charge on any atom is 0.205 e. The second kappa shape index (κ2) is 8.69. The minimum atomic E-state index is -1.17. The van der Waals surface area contributed by atoms with E-state index in [0.717, 1.165) is 25.7 Å². The summed E-state index contributed by atoms with van der Waals surface area (Å²) in [4.78, 5) is 4.99. The van der Waals surface area contributed by atoms with E-state index < -0.39 is 8.38 Å². The lowest BCUT2D eigenvalue weighted by atomic mass is 9.78. The van der Waals surface area contributed by atoms with Gasteiger partial charge in [-0.2, -0.15) is 0 Å². The zero-order valence-corrected chi connectivity index (χ0v) is 22.4. The molecule has 2 aliphatic rings. The van der Waals surface area contributed by atoms with Crippen LogP contribution in [-0.4, -0.2) is 58.3 Å². The van der Waals surface area contributed by atoms with E-state index in [1.54, 1.807) is 0 Å². The van der Waals surface area contributed by atoms with E-state index in [9.17, 15) is 0 Å². The maximum atomic E-state index is 6.92. The molecule has 2 fully saturated rings. The average Bonchev–Trinajstić information content (AvgIpc) is 2.69. The highest BCUT2D eigenvalue weighted by Crippen LogP contribution is 2.50. The fraction of sp³-hybridized carbons (Fsp3) is 0.769. The second-order valence-corrected chi connectivity index (χ2v) is 13.4. The fourth-order valence-corrected chi connectivity index (χ4v) is 7.19. The molecule has 0 spiro atoms. The maximum absolute atomic E-state index is 6.92. The predicted molar refractivity (Wildman–Crippen MR) is 133 cm³/mol. The smallest absolute Gasteiger partial charge is 0.205 e. The standard InChI is InChI=1S/C26H45N2O2P/c1-23(2)18-16-21(25(5,6)27(23)9)29-31(20-14-12-11-13-15-20)30-22-17-19-24(3,4)28(10)26(22,7)8/h11-15,21-22H,16-19H2,1-10H3. The Kier molecular flexibility index (Phi) is 7.04. The molecule has 0 amide bonds. The molecular weight excluding hydrogens is 403 g/mol. The van der Waals surface area contributed by atoms with Gasteiger partial charge >= 0.3 is 0 Å². The monoisotopic (exact) mass is 448 g/mol. The molecule has 1 aromatic carbocycles. The third kappa shape index (κ3) is 4.89. The number of likely N-dealkylation sites (tertiary alicyclic amines) is 2. The Morgan fingerprint density at radius 2 is 1.10 bits per heavy atom. The molecule has 2 heterocycles. The normalized spacial score (nSPS) is 31.3. The number of likely N-dealkylation sites (N-methyl/N-ethyl adjacent to an activating group) is 2. The molecule has 1 aromatic rings. The van der Waals surface area contributed by atoms with Gasteiger partial charge in [0, 0.05) is 27.5 Å². The van der Waals surface area contributed by atoms with Crippen molar-refractivity contribution in [3.63, 3.8) is 0 Å². The molecule has 0 N–H and O–H groups in total. The Morgan fingerprint density at radius 3 is 1.48 bits per heavy atom. The minimum Gasteiger partial charge on any atom is -0.325 e. The number of benzene rings is 1. The van der Waals surface area contributed by atoms with Crippen LogP contribution in [0.25, 0.3) is 0 Å². The molecule has 2 atom stereocenters. The Balaban J connectivity index is 1.86. The highest BCUT2D eigenvalue weighted by molar-refractivity contribution is 7.56. The van der Waals surface area contributed by atoms with Crippen molar-refractivity contribution in [2.75, 3.05) is 14.1 Å². The van der Waals surface area contributed by atoms with E-state index >= 15 is 0 Å². The largest absolute Gasteiger partial charge is 0.325 e. The van der Waals surface area contributed by atoms with E-state index in [1.807, 2.05) is 0 Å². The van der Waals surface area contributed by atoms with Gasteiger partial charge in [-0.1, -0.05) is 18.2 Å². The molecular formula is C26H45N2O2P. The van der Waals surface area contributed by atoms with Crippen molar-refractivity contribution in [2.24, 2.45) is 0 Å². The first-order valence-electron chi connectivity index (χ1n) is 11.9. The zero-order valence-electron chi connectivity index (χ0n) is 21.5. The van der Waals surface area contributed by atoms with Gasteiger partial charge in [-0.05, 0) is 107 Å². The van der Waals surface area contributed by atoms with Gasteiger partial charge in [-0.25, -0.2) is 0 Å². The number of piperidine rings is 2. The molecule has 31 heavy (non-hydrogen) atoms. The van der Waals surface area contributed by atoms with Gasteiger partial charge < -0.3 is 9.05 Å². The van der Waals surface area contributed by atoms with Crippen LogP contribution in [0.1, 0.15) is 81.1 Å². The summed E-state index contributed by atoms with van der Waals surface area (Å²) in [6.07, 6.45) is 4.64. The van der Waals surface area contributed by atoms with Crippen LogP contribution >= 0.6 is 8.38 Å². The first kappa shape index (κ1) is 25.1. The molecule has 0 radical (unpaired) electrons. The molecule has 0 aliphatic carbocycles. The summed E-state index contributed by atoms with van der Waals surface area (Å²) in [6, 6.07) is 10.6. The molecule has 5 heteroatoms. The van der Waals surface area contributed by atoms with E-state index in [1.165, 1.54) is 5.30 Å². The molecule has 2 unspecified atom stereocenters. The molecule has 0 bridgehead atoms. The highest BCUT2D eigenvalue weighted by Gasteiger charge is 2.49. The van der Waals surface area contributed by atoms with Crippen molar-refractivity contribution in [1.82, 2.24) is 9.80 Å². The highest BCUT2D eigenvalue weighted by atomic mass is 31.2. The summed E-state index contributed by atoms with van der Waals surface area (Å²) < 4.78 is 13.8. The molecule has 176 valence electrons. The van der Waals surface area contributed by atoms with Gasteiger partial charge in [0.15, 0.2) is 0 Å². The summed E-state index contributed by atoms with van der Waals surface area (Å²) in [5.41, 5.74) is 0.251. The summed E-state index contributed by atoms with van der Waals surface area (Å²) in [7, 11) is 3.31. The second-order valence-electron chi connectivity index (χ2n) is 11.9. The first-order valence-corrected chi connectivity index (χ1v) is 13.0. The van der Waals surface area contributed by atoms with Crippen LogP contribution in [-0.2, 0) is 9.05 Å². The lowest BCUT2D eigenvalue weighted by Crippen LogP contribution is -2.63. The number of hydrogen-bond donors (Lipinski definition) is 0. The van der Waals surface area contributed by atoms with Crippen molar-refractivity contribution in [3.8, 4) is 0 Å². The third-order valence-electron chi connectivity index (χ3n) is 8.57. The number of hydrogen-bond acceptors (Lipinski definition) is 4. The minimum absolute atomic E-state index is 0.0542. The van der Waals surface area contributed by atoms with Gasteiger partial charge in [0.25, 0.3) is 0 Å². The van der Waals surface area contributed by atoms with E-state index in [2.05, 4.69) is 110 Å². The van der Waals surface area contributed by atoms with Crippen molar-refractivity contribution in [3.05, 3.63) is 30.3 Å². The van der Waals surface area contributed by atoms with Gasteiger partial charge in [0.2, 0.25) is 8.38 Å². The molecule has 0 saturated carbocycles. The topological polar surface area (TPSA) is 24.9 Å². The third-order valence-corrected chi connectivity index (χ3v) is 10.2. The fourth-order valence-electron chi connectivity index (χ4n) is 5.29. The van der Waals surface area contributed by atoms with Crippen molar-refractivity contribution < 1.29 is 9.05 Å². The van der Waals surface area contributed by atoms with Crippen LogP contribution in [0.2, 0.25) is 0 Å². The molecule has 4 nitrogen and oxygen atoms in total. The van der Waals surface area contributed by atoms with E-state index in [-0.39, 0.29) is 34.4 Å². The Hall–Kier alpha value is -0.510. The van der Waals surface area contributed by atoms with Gasteiger partial charge in [0.1, 0.15) is 0 Å².